The molecule has 2 aromatic carbocycles. The third kappa shape index (κ3) is 3.73. The van der Waals surface area contributed by atoms with E-state index in [0.29, 0.717) is 0 Å². The lowest BCUT2D eigenvalue weighted by Crippen LogP contribution is -2.16. The van der Waals surface area contributed by atoms with Crippen LogP contribution in [0.1, 0.15) is 16.7 Å². The molecule has 0 amide bonds. The molecule has 0 radical (unpaired) electrons. The Bertz CT molecular complexity index is 509. The summed E-state index contributed by atoms with van der Waals surface area (Å²) in [6, 6.07) is 20.3. The van der Waals surface area contributed by atoms with Crippen LogP contribution in [0.4, 0.5) is 0 Å². The second-order valence-corrected chi connectivity index (χ2v) is 4.22. The van der Waals surface area contributed by atoms with Gasteiger partial charge in [-0.3, -0.25) is 0 Å². The Morgan fingerprint density at radius 2 is 1.61 bits per heavy atom. The lowest BCUT2D eigenvalue weighted by atomic mass is 10.1. The predicted octanol–water partition coefficient (Wildman–Crippen LogP) is 2.89. The van der Waals surface area contributed by atoms with Gasteiger partial charge in [0.1, 0.15) is 0 Å². The fourth-order valence-electron chi connectivity index (χ4n) is 1.81. The lowest BCUT2D eigenvalue weighted by molar-refractivity contribution is 0.687. The number of nitrogens with zero attached hydrogens (tertiary/aromatic N) is 1. The Kier molecular flexibility index (Phi) is 4.52. The van der Waals surface area contributed by atoms with Crippen molar-refractivity contribution in [1.82, 2.24) is 5.32 Å². The van der Waals surface area contributed by atoms with Crippen LogP contribution in [0.15, 0.2) is 54.6 Å². The summed E-state index contributed by atoms with van der Waals surface area (Å²) in [5.74, 6) is 0. The van der Waals surface area contributed by atoms with Crippen LogP contribution >= 0.6 is 0 Å². The zero-order valence-electron chi connectivity index (χ0n) is 10.3. The van der Waals surface area contributed by atoms with Crippen molar-refractivity contribution in [1.29, 1.82) is 5.26 Å². The monoisotopic (exact) mass is 236 g/mol. The van der Waals surface area contributed by atoms with Gasteiger partial charge in [-0.25, -0.2) is 0 Å². The molecule has 0 unspecified atom stereocenters. The van der Waals surface area contributed by atoms with Crippen molar-refractivity contribution in [2.75, 3.05) is 6.54 Å². The molecular weight excluding hydrogens is 220 g/mol. The molecule has 2 aromatic rings. The van der Waals surface area contributed by atoms with Gasteiger partial charge in [-0.05, 0) is 36.2 Å². The molecule has 0 spiro atoms. The van der Waals surface area contributed by atoms with Crippen LogP contribution in [-0.4, -0.2) is 6.54 Å². The zero-order valence-corrected chi connectivity index (χ0v) is 10.3. The molecule has 0 atom stereocenters. The number of hydrogen-bond acceptors (Lipinski definition) is 2. The number of hydrogen-bond donors (Lipinski definition) is 1. The van der Waals surface area contributed by atoms with Crippen LogP contribution in [0.5, 0.6) is 0 Å². The van der Waals surface area contributed by atoms with Crippen LogP contribution in [-0.2, 0) is 13.0 Å². The van der Waals surface area contributed by atoms with Crippen molar-refractivity contribution < 1.29 is 0 Å². The van der Waals surface area contributed by atoms with Gasteiger partial charge in [0.2, 0.25) is 0 Å². The van der Waals surface area contributed by atoms with Crippen molar-refractivity contribution in [2.24, 2.45) is 0 Å². The third-order valence-corrected chi connectivity index (χ3v) is 2.85. The second kappa shape index (κ2) is 6.58. The van der Waals surface area contributed by atoms with Gasteiger partial charge in [-0.1, -0.05) is 42.5 Å². The molecule has 0 saturated carbocycles. The van der Waals surface area contributed by atoms with Gasteiger partial charge in [0.05, 0.1) is 11.6 Å². The standard InChI is InChI=1S/C16H16N2/c17-12-15-8-6-14(7-9-15)10-11-18-13-16-4-2-1-3-5-16/h1-9,18H,10-11,13H2. The minimum atomic E-state index is 0.719. The number of rotatable bonds is 5. The normalized spacial score (nSPS) is 9.94. The van der Waals surface area contributed by atoms with Crippen molar-refractivity contribution in [2.45, 2.75) is 13.0 Å². The first kappa shape index (κ1) is 12.3. The number of benzene rings is 2. The fraction of sp³-hybridized carbons (Fsp3) is 0.188. The quantitative estimate of drug-likeness (QED) is 0.810. The highest BCUT2D eigenvalue weighted by atomic mass is 14.8. The Balaban J connectivity index is 1.74. The highest BCUT2D eigenvalue weighted by molar-refractivity contribution is 5.31. The summed E-state index contributed by atoms with van der Waals surface area (Å²) in [6.45, 7) is 1.85. The summed E-state index contributed by atoms with van der Waals surface area (Å²) in [7, 11) is 0. The Hall–Kier alpha value is -2.11. The molecule has 2 nitrogen and oxygen atoms in total. The zero-order chi connectivity index (χ0) is 12.6. The number of nitriles is 1. The van der Waals surface area contributed by atoms with Crippen molar-refractivity contribution in [3.63, 3.8) is 0 Å². The largest absolute Gasteiger partial charge is 0.312 e. The maximum absolute atomic E-state index is 8.71. The van der Waals surface area contributed by atoms with E-state index in [4.69, 9.17) is 5.26 Å². The molecule has 0 heterocycles. The SMILES string of the molecule is N#Cc1ccc(CCNCc2ccccc2)cc1. The van der Waals surface area contributed by atoms with Gasteiger partial charge < -0.3 is 5.32 Å². The van der Waals surface area contributed by atoms with E-state index in [2.05, 4.69) is 35.7 Å². The molecule has 0 saturated heterocycles. The van der Waals surface area contributed by atoms with Crippen molar-refractivity contribution >= 4 is 0 Å². The second-order valence-electron chi connectivity index (χ2n) is 4.22. The highest BCUT2D eigenvalue weighted by Gasteiger charge is 1.95. The highest BCUT2D eigenvalue weighted by Crippen LogP contribution is 2.04. The molecule has 0 aliphatic heterocycles. The first-order valence-corrected chi connectivity index (χ1v) is 6.12. The van der Waals surface area contributed by atoms with Crippen LogP contribution in [0.25, 0.3) is 0 Å². The summed E-state index contributed by atoms with van der Waals surface area (Å²) in [6.07, 6.45) is 0.985. The molecule has 1 N–H and O–H groups in total. The Labute approximate surface area is 108 Å². The third-order valence-electron chi connectivity index (χ3n) is 2.85. The lowest BCUT2D eigenvalue weighted by Gasteiger charge is -2.05. The average molecular weight is 236 g/mol. The van der Waals surface area contributed by atoms with E-state index in [1.54, 1.807) is 0 Å². The molecule has 0 fully saturated rings. The molecule has 18 heavy (non-hydrogen) atoms. The van der Waals surface area contributed by atoms with Crippen LogP contribution in [0, 0.1) is 11.3 Å². The van der Waals surface area contributed by atoms with Crippen LogP contribution in [0.2, 0.25) is 0 Å². The maximum Gasteiger partial charge on any atom is 0.0991 e. The van der Waals surface area contributed by atoms with Gasteiger partial charge in [-0.15, -0.1) is 0 Å². The van der Waals surface area contributed by atoms with E-state index in [1.807, 2.05) is 30.3 Å². The van der Waals surface area contributed by atoms with Gasteiger partial charge >= 0.3 is 0 Å². The summed E-state index contributed by atoms with van der Waals surface area (Å²) in [5.41, 5.74) is 3.28. The predicted molar refractivity (Wildman–Crippen MR) is 73.0 cm³/mol. The topological polar surface area (TPSA) is 35.8 Å². The summed E-state index contributed by atoms with van der Waals surface area (Å²) in [5, 5.41) is 12.1. The fourth-order valence-corrected chi connectivity index (χ4v) is 1.81. The van der Waals surface area contributed by atoms with Crippen LogP contribution in [0.3, 0.4) is 0 Å². The smallest absolute Gasteiger partial charge is 0.0991 e. The molecule has 0 aliphatic carbocycles. The maximum atomic E-state index is 8.71. The molecular formula is C16H16N2. The summed E-state index contributed by atoms with van der Waals surface area (Å²) < 4.78 is 0. The molecule has 2 heteroatoms. The van der Waals surface area contributed by atoms with Crippen molar-refractivity contribution in [3.8, 4) is 6.07 Å². The van der Waals surface area contributed by atoms with E-state index in [-0.39, 0.29) is 0 Å². The summed E-state index contributed by atoms with van der Waals surface area (Å²) in [4.78, 5) is 0. The van der Waals surface area contributed by atoms with Gasteiger partial charge in [0, 0.05) is 6.54 Å². The van der Waals surface area contributed by atoms with Gasteiger partial charge in [0.25, 0.3) is 0 Å². The first-order valence-electron chi connectivity index (χ1n) is 6.12. The van der Waals surface area contributed by atoms with E-state index >= 15 is 0 Å². The Morgan fingerprint density at radius 3 is 2.28 bits per heavy atom. The molecule has 90 valence electrons. The van der Waals surface area contributed by atoms with E-state index < -0.39 is 0 Å². The summed E-state index contributed by atoms with van der Waals surface area (Å²) >= 11 is 0. The Morgan fingerprint density at radius 1 is 0.889 bits per heavy atom. The minimum absolute atomic E-state index is 0.719. The van der Waals surface area contributed by atoms with E-state index in [0.717, 1.165) is 25.1 Å². The average Bonchev–Trinajstić information content (AvgIpc) is 2.45. The molecule has 0 aromatic heterocycles. The molecule has 0 aliphatic rings. The van der Waals surface area contributed by atoms with Gasteiger partial charge in [0.15, 0.2) is 0 Å². The first-order chi connectivity index (χ1) is 8.88. The van der Waals surface area contributed by atoms with Crippen LogP contribution < -0.4 is 5.32 Å². The van der Waals surface area contributed by atoms with E-state index in [9.17, 15) is 0 Å². The minimum Gasteiger partial charge on any atom is -0.312 e. The molecule has 2 rings (SSSR count). The number of nitrogens with one attached hydrogen (secondary N) is 1. The van der Waals surface area contributed by atoms with Gasteiger partial charge in [-0.2, -0.15) is 5.26 Å². The van der Waals surface area contributed by atoms with Crippen molar-refractivity contribution in [3.05, 3.63) is 71.3 Å². The molecule has 0 bridgehead atoms. The van der Waals surface area contributed by atoms with E-state index in [1.165, 1.54) is 11.1 Å².